The second-order valence-corrected chi connectivity index (χ2v) is 5.87. The van der Waals surface area contributed by atoms with Crippen molar-refractivity contribution in [2.24, 2.45) is 5.73 Å². The average molecular weight is 381 g/mol. The van der Waals surface area contributed by atoms with Crippen LogP contribution in [0.25, 0.3) is 0 Å². The van der Waals surface area contributed by atoms with Gasteiger partial charge >= 0.3 is 12.3 Å². The highest BCUT2D eigenvalue weighted by atomic mass is 19.4. The third-order valence-corrected chi connectivity index (χ3v) is 3.43. The lowest BCUT2D eigenvalue weighted by Crippen LogP contribution is -2.50. The van der Waals surface area contributed by atoms with E-state index in [-0.39, 0.29) is 11.4 Å². The number of hydrogen-bond acceptors (Lipinski definition) is 4. The van der Waals surface area contributed by atoms with Crippen LogP contribution in [-0.2, 0) is 9.53 Å². The summed E-state index contributed by atoms with van der Waals surface area (Å²) in [6, 6.07) is 3.78. The maximum Gasteiger partial charge on any atom is 0.414 e. The Kier molecular flexibility index (Phi) is 5.40. The summed E-state index contributed by atoms with van der Waals surface area (Å²) < 4.78 is 68.9. The summed E-state index contributed by atoms with van der Waals surface area (Å²) in [5.74, 6) is -4.34. The van der Waals surface area contributed by atoms with Gasteiger partial charge < -0.3 is 10.5 Å². The van der Waals surface area contributed by atoms with E-state index in [1.54, 1.807) is 0 Å². The van der Waals surface area contributed by atoms with Gasteiger partial charge in [0, 0.05) is 6.92 Å². The predicted octanol–water partition coefficient (Wildman–Crippen LogP) is 2.52. The molecule has 0 saturated carbocycles. The number of rotatable bonds is 3. The maximum atomic E-state index is 12.9. The molecule has 1 heterocycles. The Morgan fingerprint density at radius 1 is 1.23 bits per heavy atom. The molecule has 0 radical (unpaired) electrons. The van der Waals surface area contributed by atoms with Crippen LogP contribution >= 0.6 is 0 Å². The number of benzene rings is 1. The van der Waals surface area contributed by atoms with Crippen molar-refractivity contribution in [1.29, 1.82) is 0 Å². The fourth-order valence-corrected chi connectivity index (χ4v) is 2.39. The van der Waals surface area contributed by atoms with Crippen LogP contribution in [0.3, 0.4) is 0 Å². The van der Waals surface area contributed by atoms with Crippen LogP contribution in [0.5, 0.6) is 0 Å². The van der Waals surface area contributed by atoms with Gasteiger partial charge in [-0.1, -0.05) is 12.1 Å². The highest BCUT2D eigenvalue weighted by Crippen LogP contribution is 2.35. The quantitative estimate of drug-likeness (QED) is 0.817. The minimum Gasteiger partial charge on any atom is -0.443 e. The van der Waals surface area contributed by atoms with E-state index in [0.717, 1.165) is 4.90 Å². The molecule has 1 atom stereocenters. The van der Waals surface area contributed by atoms with Crippen molar-refractivity contribution in [3.05, 3.63) is 24.3 Å². The minimum atomic E-state index is -4.71. The molecule has 0 spiro atoms. The number of carbonyl (C=O) groups excluding carboxylic acids is 2. The molecular weight excluding hydrogens is 365 g/mol. The fourth-order valence-electron chi connectivity index (χ4n) is 2.39. The Labute approximate surface area is 145 Å². The summed E-state index contributed by atoms with van der Waals surface area (Å²) in [5, 5.41) is 0. The highest BCUT2D eigenvalue weighted by molar-refractivity contribution is 6.05. The number of para-hydroxylation sites is 2. The van der Waals surface area contributed by atoms with Gasteiger partial charge in [-0.15, -0.1) is 0 Å². The largest absolute Gasteiger partial charge is 0.443 e. The summed E-state index contributed by atoms with van der Waals surface area (Å²) in [7, 11) is 0. The van der Waals surface area contributed by atoms with Crippen LogP contribution in [0.1, 0.15) is 6.92 Å². The Balaban J connectivity index is 2.40. The first-order valence-electron chi connectivity index (χ1n) is 7.44. The van der Waals surface area contributed by atoms with Crippen LogP contribution in [-0.4, -0.2) is 49.8 Å². The van der Waals surface area contributed by atoms with Crippen molar-refractivity contribution in [3.8, 4) is 0 Å². The third kappa shape index (κ3) is 4.81. The summed E-state index contributed by atoms with van der Waals surface area (Å²) in [5.41, 5.74) is 5.31. The Hall–Kier alpha value is -2.43. The van der Waals surface area contributed by atoms with Crippen LogP contribution in [0, 0.1) is 0 Å². The maximum absolute atomic E-state index is 12.9. The minimum absolute atomic E-state index is 0.0949. The zero-order valence-electron chi connectivity index (χ0n) is 13.6. The smallest absolute Gasteiger partial charge is 0.414 e. The average Bonchev–Trinajstić information content (AvgIpc) is 2.62. The Morgan fingerprint density at radius 3 is 2.35 bits per heavy atom. The van der Waals surface area contributed by atoms with Gasteiger partial charge in [0.05, 0.1) is 17.9 Å². The van der Waals surface area contributed by atoms with Gasteiger partial charge in [-0.3, -0.25) is 14.6 Å². The zero-order chi connectivity index (χ0) is 19.7. The van der Waals surface area contributed by atoms with E-state index >= 15 is 0 Å². The Morgan fingerprint density at radius 2 is 1.81 bits per heavy atom. The number of nitrogens with two attached hydrogens (primary N) is 1. The van der Waals surface area contributed by atoms with Crippen molar-refractivity contribution in [2.45, 2.75) is 25.1 Å². The number of hydrogen-bond donors (Lipinski definition) is 1. The van der Waals surface area contributed by atoms with Crippen molar-refractivity contribution in [3.63, 3.8) is 0 Å². The number of fused-ring (bicyclic) bond motifs is 1. The molecule has 144 valence electrons. The fraction of sp³-hybridized carbons (Fsp3) is 0.467. The van der Waals surface area contributed by atoms with E-state index in [1.165, 1.54) is 24.3 Å². The molecule has 1 aromatic rings. The molecule has 11 heteroatoms. The molecule has 0 fully saturated rings. The van der Waals surface area contributed by atoms with Crippen LogP contribution < -0.4 is 15.5 Å². The molecule has 1 unspecified atom stereocenters. The molecular formula is C15H16F5N3O3. The number of carbonyl (C=O) groups is 2. The standard InChI is InChI=1S/C15H16F5N3O3/c1-14(16,17)8-26-13(25)22-6-9(21)12(24)23(7-15(18,19)20)11-5-3-2-4-10(11)22/h2-5,9H,6-8,21H2,1H3. The highest BCUT2D eigenvalue weighted by Gasteiger charge is 2.40. The van der Waals surface area contributed by atoms with Gasteiger partial charge in [0.25, 0.3) is 5.92 Å². The molecule has 0 bridgehead atoms. The lowest BCUT2D eigenvalue weighted by molar-refractivity contribution is -0.132. The lowest BCUT2D eigenvalue weighted by Gasteiger charge is -2.26. The van der Waals surface area contributed by atoms with E-state index in [0.29, 0.717) is 11.8 Å². The number of nitrogens with zero attached hydrogens (tertiary/aromatic N) is 2. The van der Waals surface area contributed by atoms with Crippen LogP contribution in [0.15, 0.2) is 24.3 Å². The van der Waals surface area contributed by atoms with Crippen molar-refractivity contribution in [1.82, 2.24) is 0 Å². The second-order valence-electron chi connectivity index (χ2n) is 5.87. The van der Waals surface area contributed by atoms with Crippen LogP contribution in [0.2, 0.25) is 0 Å². The molecule has 6 nitrogen and oxygen atoms in total. The third-order valence-electron chi connectivity index (χ3n) is 3.43. The van der Waals surface area contributed by atoms with Crippen molar-refractivity contribution < 1.29 is 36.3 Å². The number of alkyl halides is 5. The summed E-state index contributed by atoms with van der Waals surface area (Å²) in [4.78, 5) is 25.6. The number of amides is 2. The van der Waals surface area contributed by atoms with E-state index in [2.05, 4.69) is 4.74 Å². The first-order valence-corrected chi connectivity index (χ1v) is 7.44. The van der Waals surface area contributed by atoms with Gasteiger partial charge in [0.1, 0.15) is 12.6 Å². The molecule has 26 heavy (non-hydrogen) atoms. The molecule has 2 amide bonds. The molecule has 0 aliphatic carbocycles. The summed E-state index contributed by atoms with van der Waals surface area (Å²) in [6.07, 6.45) is -5.95. The van der Waals surface area contributed by atoms with Gasteiger partial charge in [0.15, 0.2) is 6.61 Å². The molecule has 1 aromatic carbocycles. The molecule has 1 aliphatic heterocycles. The Bertz CT molecular complexity index is 690. The van der Waals surface area contributed by atoms with E-state index in [9.17, 15) is 31.5 Å². The normalized spacial score (nSPS) is 18.4. The van der Waals surface area contributed by atoms with E-state index in [4.69, 9.17) is 5.73 Å². The number of anilines is 2. The SMILES string of the molecule is CC(F)(F)COC(=O)N1CC(N)C(=O)N(CC(F)(F)F)c2ccccc21. The summed E-state index contributed by atoms with van der Waals surface area (Å²) >= 11 is 0. The van der Waals surface area contributed by atoms with E-state index < -0.39 is 49.8 Å². The van der Waals surface area contributed by atoms with Crippen molar-refractivity contribution in [2.75, 3.05) is 29.5 Å². The molecule has 2 rings (SSSR count). The lowest BCUT2D eigenvalue weighted by atomic mass is 10.2. The molecule has 0 saturated heterocycles. The molecule has 1 aliphatic rings. The first kappa shape index (κ1) is 19.9. The predicted molar refractivity (Wildman–Crippen MR) is 82.1 cm³/mol. The number of halogens is 5. The van der Waals surface area contributed by atoms with Gasteiger partial charge in [-0.2, -0.15) is 13.2 Å². The number of ether oxygens (including phenoxy) is 1. The molecule has 2 N–H and O–H groups in total. The van der Waals surface area contributed by atoms with Crippen molar-refractivity contribution >= 4 is 23.4 Å². The topological polar surface area (TPSA) is 75.9 Å². The second kappa shape index (κ2) is 7.06. The molecule has 0 aromatic heterocycles. The van der Waals surface area contributed by atoms with E-state index in [1.807, 2.05) is 0 Å². The van der Waals surface area contributed by atoms with Gasteiger partial charge in [0.2, 0.25) is 5.91 Å². The summed E-state index contributed by atoms with van der Waals surface area (Å²) in [6.45, 7) is -2.80. The van der Waals surface area contributed by atoms with Gasteiger partial charge in [-0.05, 0) is 12.1 Å². The zero-order valence-corrected chi connectivity index (χ0v) is 13.6. The monoisotopic (exact) mass is 381 g/mol. The van der Waals surface area contributed by atoms with Crippen LogP contribution in [0.4, 0.5) is 38.1 Å². The van der Waals surface area contributed by atoms with Gasteiger partial charge in [-0.25, -0.2) is 13.6 Å². The first-order chi connectivity index (χ1) is 11.9.